The lowest BCUT2D eigenvalue weighted by molar-refractivity contribution is -0.123. The SMILES string of the molecule is CC(CO)C(C)NC(=O)C(C)(C)S(=O)(=O)c1ccc(Cl)cc1. The number of amides is 1. The minimum absolute atomic E-state index is 0.0416. The predicted octanol–water partition coefficient (Wildman–Crippen LogP) is 2.03. The summed E-state index contributed by atoms with van der Waals surface area (Å²) in [5.41, 5.74) is 0. The maximum atomic E-state index is 12.7. The monoisotopic (exact) mass is 347 g/mol. The molecule has 0 saturated heterocycles. The van der Waals surface area contributed by atoms with Crippen LogP contribution >= 0.6 is 11.6 Å². The molecule has 0 heterocycles. The van der Waals surface area contributed by atoms with Crippen molar-refractivity contribution in [2.45, 2.75) is 43.4 Å². The highest BCUT2D eigenvalue weighted by molar-refractivity contribution is 7.93. The van der Waals surface area contributed by atoms with E-state index in [2.05, 4.69) is 5.32 Å². The standard InChI is InChI=1S/C15H22ClNO4S/c1-10(9-18)11(2)17-14(19)15(3,4)22(20,21)13-7-5-12(16)6-8-13/h5-8,10-11,18H,9H2,1-4H3,(H,17,19). The van der Waals surface area contributed by atoms with Crippen LogP contribution < -0.4 is 5.32 Å². The highest BCUT2D eigenvalue weighted by Gasteiger charge is 2.43. The van der Waals surface area contributed by atoms with Gasteiger partial charge in [-0.25, -0.2) is 8.42 Å². The number of carbonyl (C=O) groups is 1. The van der Waals surface area contributed by atoms with Crippen molar-refractivity contribution < 1.29 is 18.3 Å². The molecule has 2 atom stereocenters. The van der Waals surface area contributed by atoms with E-state index in [1.807, 2.05) is 0 Å². The molecule has 1 amide bonds. The lowest BCUT2D eigenvalue weighted by Crippen LogP contribution is -2.52. The van der Waals surface area contributed by atoms with Crippen LogP contribution in [0.25, 0.3) is 0 Å². The Morgan fingerprint density at radius 2 is 1.77 bits per heavy atom. The topological polar surface area (TPSA) is 83.5 Å². The minimum atomic E-state index is -3.87. The summed E-state index contributed by atoms with van der Waals surface area (Å²) in [7, 11) is -3.87. The van der Waals surface area contributed by atoms with Crippen LogP contribution in [0.1, 0.15) is 27.7 Å². The van der Waals surface area contributed by atoms with Crippen molar-refractivity contribution >= 4 is 27.3 Å². The van der Waals surface area contributed by atoms with E-state index >= 15 is 0 Å². The molecule has 1 aromatic carbocycles. The number of hydrogen-bond acceptors (Lipinski definition) is 4. The maximum Gasteiger partial charge on any atom is 0.241 e. The number of aliphatic hydroxyl groups is 1. The molecule has 22 heavy (non-hydrogen) atoms. The molecular formula is C15H22ClNO4S. The first-order valence-corrected chi connectivity index (χ1v) is 8.82. The second kappa shape index (κ2) is 6.98. The van der Waals surface area contributed by atoms with Crippen LogP contribution in [0.5, 0.6) is 0 Å². The Morgan fingerprint density at radius 1 is 1.27 bits per heavy atom. The molecule has 5 nitrogen and oxygen atoms in total. The van der Waals surface area contributed by atoms with Crippen LogP contribution in [0.4, 0.5) is 0 Å². The highest BCUT2D eigenvalue weighted by Crippen LogP contribution is 2.27. The van der Waals surface area contributed by atoms with Crippen molar-refractivity contribution in [1.82, 2.24) is 5.32 Å². The summed E-state index contributed by atoms with van der Waals surface area (Å²) in [4.78, 5) is 12.4. The van der Waals surface area contributed by atoms with E-state index in [0.717, 1.165) is 0 Å². The van der Waals surface area contributed by atoms with Crippen molar-refractivity contribution in [2.75, 3.05) is 6.61 Å². The predicted molar refractivity (Wildman–Crippen MR) is 86.6 cm³/mol. The lowest BCUT2D eigenvalue weighted by Gasteiger charge is -2.27. The average Bonchev–Trinajstić information content (AvgIpc) is 2.46. The van der Waals surface area contributed by atoms with Crippen molar-refractivity contribution in [3.8, 4) is 0 Å². The third-order valence-electron chi connectivity index (χ3n) is 3.84. The molecule has 7 heteroatoms. The molecule has 0 aliphatic heterocycles. The van der Waals surface area contributed by atoms with Crippen LogP contribution in [0, 0.1) is 5.92 Å². The zero-order chi connectivity index (χ0) is 17.1. The van der Waals surface area contributed by atoms with Crippen molar-refractivity contribution in [3.05, 3.63) is 29.3 Å². The van der Waals surface area contributed by atoms with Gasteiger partial charge in [0.2, 0.25) is 5.91 Å². The Labute approximate surface area is 136 Å². The zero-order valence-corrected chi connectivity index (χ0v) is 14.7. The summed E-state index contributed by atoms with van der Waals surface area (Å²) in [6.07, 6.45) is 0. The van der Waals surface area contributed by atoms with Gasteiger partial charge in [-0.2, -0.15) is 0 Å². The van der Waals surface area contributed by atoms with Crippen LogP contribution in [-0.4, -0.2) is 36.8 Å². The number of rotatable bonds is 6. The summed E-state index contributed by atoms with van der Waals surface area (Å²) in [5, 5.41) is 12.2. The molecule has 0 saturated carbocycles. The molecule has 0 aromatic heterocycles. The molecule has 0 aliphatic carbocycles. The number of halogens is 1. The quantitative estimate of drug-likeness (QED) is 0.824. The largest absolute Gasteiger partial charge is 0.396 e. The van der Waals surface area contributed by atoms with Gasteiger partial charge < -0.3 is 10.4 Å². The molecule has 0 fully saturated rings. The molecule has 2 N–H and O–H groups in total. The Kier molecular flexibility index (Phi) is 6.01. The van der Waals surface area contributed by atoms with Crippen LogP contribution in [0.2, 0.25) is 5.02 Å². The van der Waals surface area contributed by atoms with E-state index in [0.29, 0.717) is 5.02 Å². The van der Waals surface area contributed by atoms with E-state index < -0.39 is 20.5 Å². The smallest absolute Gasteiger partial charge is 0.241 e. The van der Waals surface area contributed by atoms with Crippen molar-refractivity contribution in [1.29, 1.82) is 0 Å². The van der Waals surface area contributed by atoms with Gasteiger partial charge in [-0.05, 0) is 51.0 Å². The van der Waals surface area contributed by atoms with Crippen LogP contribution in [-0.2, 0) is 14.6 Å². The summed E-state index contributed by atoms with van der Waals surface area (Å²) in [5.74, 6) is -0.770. The van der Waals surface area contributed by atoms with Gasteiger partial charge in [-0.1, -0.05) is 18.5 Å². The fourth-order valence-corrected chi connectivity index (χ4v) is 3.22. The van der Waals surface area contributed by atoms with Gasteiger partial charge in [0.25, 0.3) is 0 Å². The highest BCUT2D eigenvalue weighted by atomic mass is 35.5. The maximum absolute atomic E-state index is 12.7. The van der Waals surface area contributed by atoms with Gasteiger partial charge in [0.15, 0.2) is 9.84 Å². The zero-order valence-electron chi connectivity index (χ0n) is 13.1. The normalized spacial score (nSPS) is 15.2. The number of benzene rings is 1. The number of hydrogen-bond donors (Lipinski definition) is 2. The Balaban J connectivity index is 3.06. The molecule has 2 unspecified atom stereocenters. The Bertz CT molecular complexity index is 625. The first kappa shape index (κ1) is 18.9. The number of nitrogens with one attached hydrogen (secondary N) is 1. The lowest BCUT2D eigenvalue weighted by atomic mass is 10.0. The Hall–Kier alpha value is -1.11. The average molecular weight is 348 g/mol. The van der Waals surface area contributed by atoms with E-state index in [9.17, 15) is 13.2 Å². The molecule has 0 radical (unpaired) electrons. The molecule has 1 aromatic rings. The molecule has 0 bridgehead atoms. The third kappa shape index (κ3) is 3.80. The van der Waals surface area contributed by atoms with Crippen molar-refractivity contribution in [3.63, 3.8) is 0 Å². The number of carbonyl (C=O) groups excluding carboxylic acids is 1. The van der Waals surface area contributed by atoms with Gasteiger partial charge in [0, 0.05) is 17.7 Å². The summed E-state index contributed by atoms with van der Waals surface area (Å²) in [6.45, 7) is 6.13. The number of aliphatic hydroxyl groups excluding tert-OH is 1. The van der Waals surface area contributed by atoms with E-state index in [4.69, 9.17) is 16.7 Å². The van der Waals surface area contributed by atoms with Crippen LogP contribution in [0.3, 0.4) is 0 Å². The van der Waals surface area contributed by atoms with Crippen molar-refractivity contribution in [2.24, 2.45) is 5.92 Å². The van der Waals surface area contributed by atoms with E-state index in [1.54, 1.807) is 13.8 Å². The Morgan fingerprint density at radius 3 is 2.23 bits per heavy atom. The van der Waals surface area contributed by atoms with Gasteiger partial charge >= 0.3 is 0 Å². The van der Waals surface area contributed by atoms with Gasteiger partial charge in [0.05, 0.1) is 4.90 Å². The first-order valence-electron chi connectivity index (χ1n) is 6.96. The fraction of sp³-hybridized carbons (Fsp3) is 0.533. The van der Waals surface area contributed by atoms with E-state index in [1.165, 1.54) is 38.1 Å². The summed E-state index contributed by atoms with van der Waals surface area (Å²) >= 11 is 5.76. The first-order chi connectivity index (χ1) is 10.0. The van der Waals surface area contributed by atoms with Gasteiger partial charge in [-0.15, -0.1) is 0 Å². The molecule has 1 rings (SSSR count). The minimum Gasteiger partial charge on any atom is -0.396 e. The third-order valence-corrected chi connectivity index (χ3v) is 6.52. The fourth-order valence-electron chi connectivity index (χ4n) is 1.71. The van der Waals surface area contributed by atoms with Crippen LogP contribution in [0.15, 0.2) is 29.2 Å². The molecule has 0 aliphatic rings. The summed E-state index contributed by atoms with van der Waals surface area (Å²) in [6, 6.07) is 5.37. The molecule has 0 spiro atoms. The summed E-state index contributed by atoms with van der Waals surface area (Å²) < 4.78 is 23.7. The molecule has 124 valence electrons. The van der Waals surface area contributed by atoms with Gasteiger partial charge in [0.1, 0.15) is 4.75 Å². The molecular weight excluding hydrogens is 326 g/mol. The van der Waals surface area contributed by atoms with Gasteiger partial charge in [-0.3, -0.25) is 4.79 Å². The van der Waals surface area contributed by atoms with E-state index in [-0.39, 0.29) is 23.5 Å². The second-order valence-electron chi connectivity index (χ2n) is 5.89. The number of sulfone groups is 1. The second-order valence-corrected chi connectivity index (χ2v) is 8.82.